The molecular weight excluding hydrogens is 373 g/mol. The van der Waals surface area contributed by atoms with E-state index in [1.165, 1.54) is 12.1 Å². The molecule has 1 aromatic carbocycles. The molecule has 0 spiro atoms. The Bertz CT molecular complexity index is 792. The second kappa shape index (κ2) is 10.1. The lowest BCUT2D eigenvalue weighted by Gasteiger charge is -2.39. The van der Waals surface area contributed by atoms with Crippen LogP contribution in [-0.2, 0) is 11.3 Å². The molecule has 0 aliphatic carbocycles. The van der Waals surface area contributed by atoms with Crippen LogP contribution in [0.1, 0.15) is 50.0 Å². The molecule has 2 atom stereocenters. The number of hydrogen-bond donors (Lipinski definition) is 2. The number of nitrogens with one attached hydrogen (secondary N) is 2. The lowest BCUT2D eigenvalue weighted by Crippen LogP contribution is -2.50. The lowest BCUT2D eigenvalue weighted by molar-refractivity contribution is -0.127. The maximum absolute atomic E-state index is 13.3. The smallest absolute Gasteiger partial charge is 0.317 e. The molecule has 1 aliphatic rings. The van der Waals surface area contributed by atoms with Gasteiger partial charge in [-0.1, -0.05) is 25.5 Å². The number of likely N-dealkylation sites (tertiary alicyclic amines) is 1. The van der Waals surface area contributed by atoms with Crippen LogP contribution >= 0.6 is 0 Å². The molecule has 1 aliphatic heterocycles. The molecule has 1 saturated heterocycles. The van der Waals surface area contributed by atoms with Crippen molar-refractivity contribution in [2.45, 2.75) is 45.2 Å². The zero-order valence-corrected chi connectivity index (χ0v) is 16.7. The summed E-state index contributed by atoms with van der Waals surface area (Å²) in [4.78, 5) is 27.2. The van der Waals surface area contributed by atoms with Gasteiger partial charge in [-0.25, -0.2) is 9.18 Å². The number of rotatable bonds is 7. The largest absolute Gasteiger partial charge is 0.467 e. The van der Waals surface area contributed by atoms with Crippen LogP contribution in [0.3, 0.4) is 0 Å². The van der Waals surface area contributed by atoms with Crippen LogP contribution in [0.25, 0.3) is 0 Å². The van der Waals surface area contributed by atoms with Crippen LogP contribution < -0.4 is 10.6 Å². The molecule has 29 heavy (non-hydrogen) atoms. The number of benzene rings is 1. The van der Waals surface area contributed by atoms with Gasteiger partial charge in [0.15, 0.2) is 0 Å². The van der Waals surface area contributed by atoms with E-state index in [0.29, 0.717) is 38.2 Å². The standard InChI is InChI=1S/C22H28FN3O3/c1-2-3-12-24-22(28)26-15-17(21(27)25-14-19-5-4-13-29-19)8-11-20(26)16-6-9-18(23)10-7-16/h4-7,9-10,13,17,20H,2-3,8,11-12,14-15H2,1H3,(H,24,28)(H,25,27)/t17-,20+/m0/s1. The van der Waals surface area contributed by atoms with Crippen molar-refractivity contribution in [1.82, 2.24) is 15.5 Å². The van der Waals surface area contributed by atoms with Crippen molar-refractivity contribution in [3.63, 3.8) is 0 Å². The number of piperidine rings is 1. The van der Waals surface area contributed by atoms with Gasteiger partial charge in [0.05, 0.1) is 24.8 Å². The Morgan fingerprint density at radius 1 is 1.17 bits per heavy atom. The molecular formula is C22H28FN3O3. The predicted molar refractivity (Wildman–Crippen MR) is 107 cm³/mol. The zero-order chi connectivity index (χ0) is 20.6. The Morgan fingerprint density at radius 3 is 2.66 bits per heavy atom. The Labute approximate surface area is 170 Å². The van der Waals surface area contributed by atoms with Gasteiger partial charge in [0, 0.05) is 13.1 Å². The summed E-state index contributed by atoms with van der Waals surface area (Å²) in [7, 11) is 0. The lowest BCUT2D eigenvalue weighted by atomic mass is 9.88. The van der Waals surface area contributed by atoms with Crippen molar-refractivity contribution in [3.05, 3.63) is 59.8 Å². The topological polar surface area (TPSA) is 74.6 Å². The zero-order valence-electron chi connectivity index (χ0n) is 16.7. The highest BCUT2D eigenvalue weighted by molar-refractivity contribution is 5.81. The van der Waals surface area contributed by atoms with E-state index < -0.39 is 0 Å². The van der Waals surface area contributed by atoms with Crippen LogP contribution in [0, 0.1) is 11.7 Å². The second-order valence-electron chi connectivity index (χ2n) is 7.38. The third-order valence-corrected chi connectivity index (χ3v) is 5.29. The van der Waals surface area contributed by atoms with E-state index >= 15 is 0 Å². The van der Waals surface area contributed by atoms with Gasteiger partial charge in [0.1, 0.15) is 11.6 Å². The quantitative estimate of drug-likeness (QED) is 0.689. The van der Waals surface area contributed by atoms with E-state index in [4.69, 9.17) is 4.42 Å². The molecule has 1 fully saturated rings. The first-order valence-corrected chi connectivity index (χ1v) is 10.2. The summed E-state index contributed by atoms with van der Waals surface area (Å²) in [5.41, 5.74) is 0.881. The monoisotopic (exact) mass is 401 g/mol. The van der Waals surface area contributed by atoms with Crippen LogP contribution in [0.15, 0.2) is 47.1 Å². The number of carbonyl (C=O) groups excluding carboxylic acids is 2. The van der Waals surface area contributed by atoms with E-state index in [-0.39, 0.29) is 29.7 Å². The Morgan fingerprint density at radius 2 is 1.97 bits per heavy atom. The number of amides is 3. The predicted octanol–water partition coefficient (Wildman–Crippen LogP) is 4.00. The van der Waals surface area contributed by atoms with Gasteiger partial charge >= 0.3 is 6.03 Å². The van der Waals surface area contributed by atoms with Gasteiger partial charge in [-0.3, -0.25) is 4.79 Å². The number of nitrogens with zero attached hydrogens (tertiary/aromatic N) is 1. The van der Waals surface area contributed by atoms with E-state index in [2.05, 4.69) is 17.6 Å². The summed E-state index contributed by atoms with van der Waals surface area (Å²) in [5, 5.41) is 5.83. The molecule has 0 unspecified atom stereocenters. The summed E-state index contributed by atoms with van der Waals surface area (Å²) < 4.78 is 18.6. The molecule has 2 N–H and O–H groups in total. The van der Waals surface area contributed by atoms with Gasteiger partial charge in [-0.15, -0.1) is 0 Å². The van der Waals surface area contributed by atoms with E-state index in [1.807, 2.05) is 0 Å². The van der Waals surface area contributed by atoms with Crippen molar-refractivity contribution >= 4 is 11.9 Å². The summed E-state index contributed by atoms with van der Waals surface area (Å²) in [6.07, 6.45) is 4.75. The molecule has 3 rings (SSSR count). The number of urea groups is 1. The number of hydrogen-bond acceptors (Lipinski definition) is 3. The van der Waals surface area contributed by atoms with Gasteiger partial charge in [-0.2, -0.15) is 0 Å². The highest BCUT2D eigenvalue weighted by atomic mass is 19.1. The fourth-order valence-electron chi connectivity index (χ4n) is 3.65. The van der Waals surface area contributed by atoms with Gasteiger partial charge in [0.25, 0.3) is 0 Å². The van der Waals surface area contributed by atoms with Crippen molar-refractivity contribution in [2.24, 2.45) is 5.92 Å². The summed E-state index contributed by atoms with van der Waals surface area (Å²) in [6, 6.07) is 9.46. The van der Waals surface area contributed by atoms with Crippen molar-refractivity contribution in [2.75, 3.05) is 13.1 Å². The SMILES string of the molecule is CCCCNC(=O)N1C[C@@H](C(=O)NCc2ccco2)CC[C@@H]1c1ccc(F)cc1. The van der Waals surface area contributed by atoms with Crippen LogP contribution in [0.5, 0.6) is 0 Å². The molecule has 2 aromatic rings. The number of unbranched alkanes of at least 4 members (excludes halogenated alkanes) is 1. The average molecular weight is 401 g/mol. The van der Waals surface area contributed by atoms with E-state index in [1.54, 1.807) is 35.4 Å². The second-order valence-corrected chi connectivity index (χ2v) is 7.38. The van der Waals surface area contributed by atoms with Crippen molar-refractivity contribution < 1.29 is 18.4 Å². The van der Waals surface area contributed by atoms with Crippen molar-refractivity contribution in [3.8, 4) is 0 Å². The maximum atomic E-state index is 13.3. The minimum atomic E-state index is -0.307. The fraction of sp³-hybridized carbons (Fsp3) is 0.455. The molecule has 2 heterocycles. The third kappa shape index (κ3) is 5.59. The summed E-state index contributed by atoms with van der Waals surface area (Å²) in [6.45, 7) is 3.31. The average Bonchev–Trinajstić information content (AvgIpc) is 3.26. The fourth-order valence-corrected chi connectivity index (χ4v) is 3.65. The molecule has 0 bridgehead atoms. The van der Waals surface area contributed by atoms with Gasteiger partial charge < -0.3 is 20.0 Å². The molecule has 0 radical (unpaired) electrons. The Hall–Kier alpha value is -2.83. The number of halogens is 1. The Balaban J connectivity index is 1.68. The van der Waals surface area contributed by atoms with Crippen molar-refractivity contribution in [1.29, 1.82) is 0 Å². The Kier molecular flexibility index (Phi) is 7.27. The van der Waals surface area contributed by atoms with Crippen LogP contribution in [-0.4, -0.2) is 29.9 Å². The highest BCUT2D eigenvalue weighted by Gasteiger charge is 2.35. The first-order valence-electron chi connectivity index (χ1n) is 10.2. The van der Waals surface area contributed by atoms with Gasteiger partial charge in [0.2, 0.25) is 5.91 Å². The molecule has 7 heteroatoms. The van der Waals surface area contributed by atoms with Crippen LogP contribution in [0.2, 0.25) is 0 Å². The first-order chi connectivity index (χ1) is 14.1. The number of carbonyl (C=O) groups is 2. The summed E-state index contributed by atoms with van der Waals surface area (Å²) in [5.74, 6) is -0.00454. The first kappa shape index (κ1) is 20.9. The van der Waals surface area contributed by atoms with Gasteiger partial charge in [-0.05, 0) is 49.1 Å². The maximum Gasteiger partial charge on any atom is 0.317 e. The molecule has 156 valence electrons. The third-order valence-electron chi connectivity index (χ3n) is 5.29. The normalized spacial score (nSPS) is 19.0. The molecule has 0 saturated carbocycles. The molecule has 1 aromatic heterocycles. The number of furan rings is 1. The minimum Gasteiger partial charge on any atom is -0.467 e. The minimum absolute atomic E-state index is 0.0923. The summed E-state index contributed by atoms with van der Waals surface area (Å²) >= 11 is 0. The van der Waals surface area contributed by atoms with E-state index in [0.717, 1.165) is 18.4 Å². The molecule has 3 amide bonds. The van der Waals surface area contributed by atoms with E-state index in [9.17, 15) is 14.0 Å². The highest BCUT2D eigenvalue weighted by Crippen LogP contribution is 2.33. The van der Waals surface area contributed by atoms with Crippen LogP contribution in [0.4, 0.5) is 9.18 Å². The molecule has 6 nitrogen and oxygen atoms in total.